The number of furan rings is 1. The Balaban J connectivity index is 2.63. The summed E-state index contributed by atoms with van der Waals surface area (Å²) >= 11 is 0. The van der Waals surface area contributed by atoms with Gasteiger partial charge < -0.3 is 19.7 Å². The van der Waals surface area contributed by atoms with Crippen molar-refractivity contribution in [3.63, 3.8) is 0 Å². The van der Waals surface area contributed by atoms with Crippen molar-refractivity contribution in [1.29, 1.82) is 0 Å². The van der Waals surface area contributed by atoms with Gasteiger partial charge in [-0.25, -0.2) is 0 Å². The van der Waals surface area contributed by atoms with Gasteiger partial charge in [-0.1, -0.05) is 31.6 Å². The molecule has 0 saturated heterocycles. The van der Waals surface area contributed by atoms with E-state index in [0.717, 1.165) is 29.6 Å². The van der Waals surface area contributed by atoms with Crippen LogP contribution in [0, 0.1) is 0 Å². The van der Waals surface area contributed by atoms with E-state index in [1.165, 1.54) is 0 Å². The lowest BCUT2D eigenvalue weighted by atomic mass is 9.94. The van der Waals surface area contributed by atoms with Gasteiger partial charge in [0.05, 0.1) is 12.7 Å². The first-order chi connectivity index (χ1) is 11.0. The third-order valence-electron chi connectivity index (χ3n) is 3.67. The van der Waals surface area contributed by atoms with Crippen molar-refractivity contribution in [2.75, 3.05) is 6.61 Å². The lowest BCUT2D eigenvalue weighted by Crippen LogP contribution is -2.13. The summed E-state index contributed by atoms with van der Waals surface area (Å²) in [6.07, 6.45) is 5.95. The second-order valence-corrected chi connectivity index (χ2v) is 5.70. The summed E-state index contributed by atoms with van der Waals surface area (Å²) in [4.78, 5) is 0. The zero-order valence-electron chi connectivity index (χ0n) is 14.1. The quantitative estimate of drug-likeness (QED) is 0.576. The number of rotatable bonds is 10. The van der Waals surface area contributed by atoms with E-state index in [4.69, 9.17) is 14.6 Å². The SMILES string of the molecule is C=C(CCC)/C(=C/CO)C(O)CC/C(C)=C/c1ccc(CO)o1. The van der Waals surface area contributed by atoms with E-state index in [1.54, 1.807) is 12.1 Å². The van der Waals surface area contributed by atoms with Crippen LogP contribution in [0.1, 0.15) is 51.1 Å². The van der Waals surface area contributed by atoms with Crippen molar-refractivity contribution in [2.24, 2.45) is 0 Å². The Morgan fingerprint density at radius 1 is 1.30 bits per heavy atom. The molecule has 4 nitrogen and oxygen atoms in total. The van der Waals surface area contributed by atoms with Crippen molar-refractivity contribution < 1.29 is 19.7 Å². The standard InChI is InChI=1S/C19H28O4/c1-4-5-15(3)18(10-11-20)19(22)9-6-14(2)12-16-7-8-17(13-21)23-16/h7-8,10,12,19-22H,3-6,9,11,13H2,1-2H3/b14-12+,18-10-. The van der Waals surface area contributed by atoms with Crippen LogP contribution in [0.25, 0.3) is 6.08 Å². The first-order valence-corrected chi connectivity index (χ1v) is 8.05. The summed E-state index contributed by atoms with van der Waals surface area (Å²) in [5.41, 5.74) is 2.70. The highest BCUT2D eigenvalue weighted by Crippen LogP contribution is 2.23. The summed E-state index contributed by atoms with van der Waals surface area (Å²) in [6, 6.07) is 3.55. The van der Waals surface area contributed by atoms with Crippen molar-refractivity contribution in [2.45, 2.75) is 52.2 Å². The van der Waals surface area contributed by atoms with Crippen LogP contribution in [-0.4, -0.2) is 28.0 Å². The predicted molar refractivity (Wildman–Crippen MR) is 92.7 cm³/mol. The van der Waals surface area contributed by atoms with Gasteiger partial charge in [-0.3, -0.25) is 0 Å². The molecule has 0 amide bonds. The molecule has 1 aromatic heterocycles. The molecule has 0 aliphatic heterocycles. The Hall–Kier alpha value is -1.62. The predicted octanol–water partition coefficient (Wildman–Crippen LogP) is 3.59. The highest BCUT2D eigenvalue weighted by molar-refractivity contribution is 5.47. The molecule has 0 radical (unpaired) electrons. The fraction of sp³-hybridized carbons (Fsp3) is 0.474. The fourth-order valence-corrected chi connectivity index (χ4v) is 2.45. The maximum Gasteiger partial charge on any atom is 0.130 e. The van der Waals surface area contributed by atoms with E-state index < -0.39 is 6.10 Å². The minimum Gasteiger partial charge on any atom is -0.459 e. The summed E-state index contributed by atoms with van der Waals surface area (Å²) in [7, 11) is 0. The van der Waals surface area contributed by atoms with Crippen molar-refractivity contribution in [1.82, 2.24) is 0 Å². The molecule has 1 unspecified atom stereocenters. The van der Waals surface area contributed by atoms with Crippen molar-refractivity contribution in [3.8, 4) is 0 Å². The second-order valence-electron chi connectivity index (χ2n) is 5.70. The molecule has 1 aromatic rings. The molecule has 1 atom stereocenters. The molecule has 0 saturated carbocycles. The molecule has 0 bridgehead atoms. The fourth-order valence-electron chi connectivity index (χ4n) is 2.45. The normalized spacial score (nSPS) is 14.1. The first kappa shape index (κ1) is 19.4. The van der Waals surface area contributed by atoms with Crippen LogP contribution in [-0.2, 0) is 6.61 Å². The molecule has 3 N–H and O–H groups in total. The highest BCUT2D eigenvalue weighted by Gasteiger charge is 2.13. The van der Waals surface area contributed by atoms with Gasteiger partial charge in [0.1, 0.15) is 18.1 Å². The van der Waals surface area contributed by atoms with E-state index in [9.17, 15) is 5.11 Å². The molecule has 1 heterocycles. The lowest BCUT2D eigenvalue weighted by molar-refractivity contribution is 0.200. The van der Waals surface area contributed by atoms with E-state index in [2.05, 4.69) is 13.5 Å². The number of hydrogen-bond donors (Lipinski definition) is 3. The van der Waals surface area contributed by atoms with Crippen LogP contribution < -0.4 is 0 Å². The number of hydrogen-bond acceptors (Lipinski definition) is 4. The molecule has 0 spiro atoms. The van der Waals surface area contributed by atoms with E-state index in [1.807, 2.05) is 19.1 Å². The third-order valence-corrected chi connectivity index (χ3v) is 3.67. The molecular formula is C19H28O4. The van der Waals surface area contributed by atoms with Crippen LogP contribution >= 0.6 is 0 Å². The monoisotopic (exact) mass is 320 g/mol. The van der Waals surface area contributed by atoms with Crippen LogP contribution in [0.4, 0.5) is 0 Å². The van der Waals surface area contributed by atoms with Gasteiger partial charge in [0.2, 0.25) is 0 Å². The smallest absolute Gasteiger partial charge is 0.130 e. The largest absolute Gasteiger partial charge is 0.459 e. The Labute approximate surface area is 138 Å². The topological polar surface area (TPSA) is 73.8 Å². The summed E-state index contributed by atoms with van der Waals surface area (Å²) in [6.45, 7) is 7.83. The Morgan fingerprint density at radius 3 is 2.61 bits per heavy atom. The minimum atomic E-state index is -0.630. The highest BCUT2D eigenvalue weighted by atomic mass is 16.4. The number of aliphatic hydroxyl groups excluding tert-OH is 3. The number of aliphatic hydroxyl groups is 3. The minimum absolute atomic E-state index is 0.0969. The molecule has 0 aromatic carbocycles. The zero-order chi connectivity index (χ0) is 17.2. The van der Waals surface area contributed by atoms with Gasteiger partial charge in [0.15, 0.2) is 0 Å². The van der Waals surface area contributed by atoms with Gasteiger partial charge in [-0.15, -0.1) is 0 Å². The Bertz CT molecular complexity index is 551. The molecular weight excluding hydrogens is 292 g/mol. The van der Waals surface area contributed by atoms with Gasteiger partial charge in [-0.2, -0.15) is 0 Å². The maximum absolute atomic E-state index is 10.4. The van der Waals surface area contributed by atoms with Gasteiger partial charge >= 0.3 is 0 Å². The van der Waals surface area contributed by atoms with Gasteiger partial charge in [0.25, 0.3) is 0 Å². The molecule has 0 aliphatic carbocycles. The molecule has 23 heavy (non-hydrogen) atoms. The number of allylic oxidation sites excluding steroid dienone is 1. The van der Waals surface area contributed by atoms with Crippen molar-refractivity contribution in [3.05, 3.63) is 53.0 Å². The average molecular weight is 320 g/mol. The second kappa shape index (κ2) is 10.2. The van der Waals surface area contributed by atoms with Gasteiger partial charge in [-0.05, 0) is 55.5 Å². The molecule has 4 heteroatoms. The first-order valence-electron chi connectivity index (χ1n) is 8.05. The summed E-state index contributed by atoms with van der Waals surface area (Å²) in [5, 5.41) is 28.5. The maximum atomic E-state index is 10.4. The van der Waals surface area contributed by atoms with E-state index in [-0.39, 0.29) is 13.2 Å². The Kier molecular flexibility index (Phi) is 8.62. The average Bonchev–Trinajstić information content (AvgIpc) is 2.98. The van der Waals surface area contributed by atoms with E-state index in [0.29, 0.717) is 24.4 Å². The van der Waals surface area contributed by atoms with Crippen LogP contribution in [0.3, 0.4) is 0 Å². The third kappa shape index (κ3) is 6.57. The molecule has 1 rings (SSSR count). The zero-order valence-corrected chi connectivity index (χ0v) is 14.1. The van der Waals surface area contributed by atoms with Crippen LogP contribution in [0.5, 0.6) is 0 Å². The summed E-state index contributed by atoms with van der Waals surface area (Å²) in [5.74, 6) is 1.23. The molecule has 0 fully saturated rings. The molecule has 128 valence electrons. The van der Waals surface area contributed by atoms with Gasteiger partial charge in [0, 0.05) is 0 Å². The van der Waals surface area contributed by atoms with E-state index >= 15 is 0 Å². The van der Waals surface area contributed by atoms with Crippen molar-refractivity contribution >= 4 is 6.08 Å². The lowest BCUT2D eigenvalue weighted by Gasteiger charge is -2.17. The summed E-state index contributed by atoms with van der Waals surface area (Å²) < 4.78 is 5.42. The van der Waals surface area contributed by atoms with Crippen LogP contribution in [0.15, 0.2) is 45.9 Å². The van der Waals surface area contributed by atoms with Crippen LogP contribution in [0.2, 0.25) is 0 Å². The Morgan fingerprint density at radius 2 is 2.04 bits per heavy atom. The molecule has 0 aliphatic rings.